The third-order valence-electron chi connectivity index (χ3n) is 3.74. The minimum absolute atomic E-state index is 0.805. The van der Waals surface area contributed by atoms with Gasteiger partial charge >= 0.3 is 0 Å². The quantitative estimate of drug-likeness (QED) is 0.891. The van der Waals surface area contributed by atoms with Gasteiger partial charge in [-0.05, 0) is 49.8 Å². The molecule has 1 heterocycles. The fourth-order valence-electron chi connectivity index (χ4n) is 2.74. The Morgan fingerprint density at radius 1 is 1.00 bits per heavy atom. The van der Waals surface area contributed by atoms with E-state index in [0.29, 0.717) is 0 Å². The van der Waals surface area contributed by atoms with Gasteiger partial charge in [0.15, 0.2) is 0 Å². The zero-order valence-electron chi connectivity index (χ0n) is 11.5. The lowest BCUT2D eigenvalue weighted by Gasteiger charge is -2.16. The molecule has 0 amide bonds. The molecule has 0 aliphatic heterocycles. The van der Waals surface area contributed by atoms with E-state index in [0.717, 1.165) is 17.3 Å². The van der Waals surface area contributed by atoms with Crippen LogP contribution in [0.4, 0.5) is 5.82 Å². The number of fused-ring (bicyclic) bond motifs is 1. The van der Waals surface area contributed by atoms with Crippen LogP contribution >= 0.6 is 0 Å². The van der Waals surface area contributed by atoms with E-state index in [1.165, 1.54) is 42.4 Å². The molecule has 1 aliphatic rings. The Kier molecular flexibility index (Phi) is 3.20. The van der Waals surface area contributed by atoms with E-state index in [-0.39, 0.29) is 0 Å². The lowest BCUT2D eigenvalue weighted by Crippen LogP contribution is -2.03. The predicted molar refractivity (Wildman–Crippen MR) is 78.4 cm³/mol. The van der Waals surface area contributed by atoms with Gasteiger partial charge in [-0.25, -0.2) is 9.97 Å². The molecule has 98 valence electrons. The summed E-state index contributed by atoms with van der Waals surface area (Å²) in [5, 5.41) is 3.09. The Labute approximate surface area is 114 Å². The average molecular weight is 253 g/mol. The van der Waals surface area contributed by atoms with Crippen LogP contribution in [0.15, 0.2) is 24.3 Å². The summed E-state index contributed by atoms with van der Waals surface area (Å²) in [7, 11) is 1.89. The summed E-state index contributed by atoms with van der Waals surface area (Å²) in [6.45, 7) is 1.93. The van der Waals surface area contributed by atoms with E-state index >= 15 is 0 Å². The fourth-order valence-corrected chi connectivity index (χ4v) is 2.74. The van der Waals surface area contributed by atoms with Crippen LogP contribution < -0.4 is 5.32 Å². The van der Waals surface area contributed by atoms with Crippen molar-refractivity contribution in [1.29, 1.82) is 0 Å². The molecule has 1 N–H and O–H groups in total. The van der Waals surface area contributed by atoms with E-state index < -0.39 is 0 Å². The third-order valence-corrected chi connectivity index (χ3v) is 3.74. The lowest BCUT2D eigenvalue weighted by atomic mass is 9.90. The van der Waals surface area contributed by atoms with Gasteiger partial charge in [-0.2, -0.15) is 0 Å². The van der Waals surface area contributed by atoms with Gasteiger partial charge in [-0.15, -0.1) is 0 Å². The summed E-state index contributed by atoms with van der Waals surface area (Å²) in [5.41, 5.74) is 5.20. The molecule has 0 fully saturated rings. The number of anilines is 1. The van der Waals surface area contributed by atoms with Crippen LogP contribution in [0.3, 0.4) is 0 Å². The van der Waals surface area contributed by atoms with E-state index in [1.807, 2.05) is 20.0 Å². The second-order valence-corrected chi connectivity index (χ2v) is 5.13. The van der Waals surface area contributed by atoms with Crippen molar-refractivity contribution >= 4 is 5.82 Å². The highest BCUT2D eigenvalue weighted by Gasteiger charge is 2.11. The Bertz CT molecular complexity index is 605. The van der Waals surface area contributed by atoms with Crippen molar-refractivity contribution in [3.8, 4) is 11.3 Å². The first-order valence-corrected chi connectivity index (χ1v) is 6.92. The van der Waals surface area contributed by atoms with Crippen molar-refractivity contribution in [2.75, 3.05) is 12.4 Å². The topological polar surface area (TPSA) is 37.8 Å². The third kappa shape index (κ3) is 2.46. The van der Waals surface area contributed by atoms with Gasteiger partial charge in [-0.3, -0.25) is 0 Å². The summed E-state index contributed by atoms with van der Waals surface area (Å²) in [6.07, 6.45) is 5.05. The molecular weight excluding hydrogens is 234 g/mol. The van der Waals surface area contributed by atoms with Gasteiger partial charge in [0.25, 0.3) is 0 Å². The Morgan fingerprint density at radius 3 is 2.58 bits per heavy atom. The second kappa shape index (κ2) is 5.00. The molecule has 0 spiro atoms. The molecule has 1 aromatic carbocycles. The number of nitrogens with zero attached hydrogens (tertiary/aromatic N) is 2. The van der Waals surface area contributed by atoms with Crippen molar-refractivity contribution in [1.82, 2.24) is 9.97 Å². The number of rotatable bonds is 2. The monoisotopic (exact) mass is 253 g/mol. The summed E-state index contributed by atoms with van der Waals surface area (Å²) >= 11 is 0. The van der Waals surface area contributed by atoms with Crippen LogP contribution in [-0.4, -0.2) is 17.0 Å². The molecule has 3 nitrogen and oxygen atoms in total. The number of aryl methyl sites for hydroxylation is 3. The molecule has 0 radical (unpaired) electrons. The maximum Gasteiger partial charge on any atom is 0.130 e. The van der Waals surface area contributed by atoms with Crippen LogP contribution in [0.1, 0.15) is 29.8 Å². The largest absolute Gasteiger partial charge is 0.373 e. The van der Waals surface area contributed by atoms with Crippen molar-refractivity contribution in [2.24, 2.45) is 0 Å². The number of nitrogens with one attached hydrogen (secondary N) is 1. The van der Waals surface area contributed by atoms with Crippen molar-refractivity contribution in [2.45, 2.75) is 32.6 Å². The maximum absolute atomic E-state index is 4.55. The van der Waals surface area contributed by atoms with Gasteiger partial charge in [0, 0.05) is 18.7 Å². The second-order valence-electron chi connectivity index (χ2n) is 5.13. The van der Waals surface area contributed by atoms with E-state index in [1.54, 1.807) is 0 Å². The molecule has 19 heavy (non-hydrogen) atoms. The predicted octanol–water partition coefficient (Wildman–Crippen LogP) is 3.37. The molecule has 2 aromatic rings. The number of hydrogen-bond donors (Lipinski definition) is 1. The molecule has 0 saturated heterocycles. The van der Waals surface area contributed by atoms with E-state index in [2.05, 4.69) is 33.5 Å². The Morgan fingerprint density at radius 2 is 1.79 bits per heavy atom. The smallest absolute Gasteiger partial charge is 0.130 e. The van der Waals surface area contributed by atoms with Gasteiger partial charge < -0.3 is 5.32 Å². The van der Waals surface area contributed by atoms with Crippen LogP contribution in [0, 0.1) is 6.92 Å². The van der Waals surface area contributed by atoms with E-state index in [4.69, 9.17) is 0 Å². The van der Waals surface area contributed by atoms with Crippen LogP contribution in [0.5, 0.6) is 0 Å². The minimum atomic E-state index is 0.805. The average Bonchev–Trinajstić information content (AvgIpc) is 2.46. The highest BCUT2D eigenvalue weighted by molar-refractivity contribution is 5.64. The maximum atomic E-state index is 4.55. The first-order valence-electron chi connectivity index (χ1n) is 6.92. The Hall–Kier alpha value is -1.90. The first kappa shape index (κ1) is 12.2. The van der Waals surface area contributed by atoms with Crippen molar-refractivity contribution < 1.29 is 0 Å². The summed E-state index contributed by atoms with van der Waals surface area (Å²) in [4.78, 5) is 8.89. The van der Waals surface area contributed by atoms with Crippen LogP contribution in [0.25, 0.3) is 11.3 Å². The molecule has 3 rings (SSSR count). The number of benzene rings is 1. The van der Waals surface area contributed by atoms with Gasteiger partial charge in [0.1, 0.15) is 11.6 Å². The highest BCUT2D eigenvalue weighted by Crippen LogP contribution is 2.27. The zero-order valence-corrected chi connectivity index (χ0v) is 11.5. The van der Waals surface area contributed by atoms with Crippen LogP contribution in [0.2, 0.25) is 0 Å². The van der Waals surface area contributed by atoms with Crippen molar-refractivity contribution in [3.63, 3.8) is 0 Å². The normalized spacial score (nSPS) is 14.0. The molecule has 0 saturated carbocycles. The summed E-state index contributed by atoms with van der Waals surface area (Å²) in [6, 6.07) is 8.76. The SMILES string of the molecule is CNc1cc(-c2ccc3c(c2)CCCC3)nc(C)n1. The van der Waals surface area contributed by atoms with Gasteiger partial charge in [0.05, 0.1) is 5.69 Å². The molecule has 3 heteroatoms. The zero-order chi connectivity index (χ0) is 13.2. The first-order chi connectivity index (χ1) is 9.26. The van der Waals surface area contributed by atoms with Crippen LogP contribution in [-0.2, 0) is 12.8 Å². The Balaban J connectivity index is 2.04. The number of hydrogen-bond acceptors (Lipinski definition) is 3. The summed E-state index contributed by atoms with van der Waals surface area (Å²) in [5.74, 6) is 1.68. The van der Waals surface area contributed by atoms with Gasteiger partial charge in [-0.1, -0.05) is 12.1 Å². The fraction of sp³-hybridized carbons (Fsp3) is 0.375. The van der Waals surface area contributed by atoms with Gasteiger partial charge in [0.2, 0.25) is 0 Å². The molecule has 1 aliphatic carbocycles. The minimum Gasteiger partial charge on any atom is -0.373 e. The van der Waals surface area contributed by atoms with E-state index in [9.17, 15) is 0 Å². The lowest BCUT2D eigenvalue weighted by molar-refractivity contribution is 0.686. The molecule has 0 bridgehead atoms. The van der Waals surface area contributed by atoms with Crippen molar-refractivity contribution in [3.05, 3.63) is 41.2 Å². The summed E-state index contributed by atoms with van der Waals surface area (Å²) < 4.78 is 0. The standard InChI is InChI=1S/C16H19N3/c1-11-18-15(10-16(17-2)19-11)14-8-7-12-5-3-4-6-13(12)9-14/h7-10H,3-6H2,1-2H3,(H,17,18,19). The number of aromatic nitrogens is 2. The molecule has 1 aromatic heterocycles. The highest BCUT2D eigenvalue weighted by atomic mass is 15.0. The molecule has 0 atom stereocenters. The molecule has 0 unspecified atom stereocenters. The molecular formula is C16H19N3.